The van der Waals surface area contributed by atoms with E-state index < -0.39 is 6.10 Å². The Bertz CT molecular complexity index is 546. The van der Waals surface area contributed by atoms with Gasteiger partial charge in [-0.1, -0.05) is 23.2 Å². The minimum Gasteiger partial charge on any atom is -0.506 e. The summed E-state index contributed by atoms with van der Waals surface area (Å²) in [6, 6.07) is 5.01. The highest BCUT2D eigenvalue weighted by Crippen LogP contribution is 2.31. The number of thiophene rings is 1. The zero-order valence-corrected chi connectivity index (χ0v) is 12.3. The van der Waals surface area contributed by atoms with Crippen molar-refractivity contribution in [3.8, 4) is 5.75 Å². The molecule has 2 aromatic rings. The van der Waals surface area contributed by atoms with Crippen molar-refractivity contribution < 1.29 is 10.2 Å². The van der Waals surface area contributed by atoms with Crippen LogP contribution in [0.1, 0.15) is 17.2 Å². The first-order valence-corrected chi connectivity index (χ1v) is 7.35. The van der Waals surface area contributed by atoms with E-state index in [9.17, 15) is 10.2 Å². The number of rotatable bonds is 5. The normalized spacial score (nSPS) is 12.6. The lowest BCUT2D eigenvalue weighted by Gasteiger charge is -2.12. The van der Waals surface area contributed by atoms with Crippen LogP contribution in [0.25, 0.3) is 0 Å². The molecule has 1 aromatic carbocycles. The van der Waals surface area contributed by atoms with Crippen LogP contribution in [0.2, 0.25) is 10.0 Å². The molecule has 1 aromatic heterocycles. The molecule has 1 atom stereocenters. The Labute approximate surface area is 125 Å². The number of aliphatic hydroxyl groups excluding tert-OH is 1. The third-order valence-electron chi connectivity index (χ3n) is 2.69. The Morgan fingerprint density at radius 3 is 2.79 bits per heavy atom. The van der Waals surface area contributed by atoms with Crippen LogP contribution in [0.5, 0.6) is 5.75 Å². The van der Waals surface area contributed by atoms with Crippen molar-refractivity contribution >= 4 is 34.5 Å². The lowest BCUT2D eigenvalue weighted by atomic mass is 10.1. The molecule has 102 valence electrons. The molecule has 0 bridgehead atoms. The smallest absolute Gasteiger partial charge is 0.138 e. The van der Waals surface area contributed by atoms with Gasteiger partial charge in [-0.2, -0.15) is 11.3 Å². The molecule has 19 heavy (non-hydrogen) atoms. The van der Waals surface area contributed by atoms with Gasteiger partial charge in [-0.15, -0.1) is 0 Å². The summed E-state index contributed by atoms with van der Waals surface area (Å²) in [5, 5.41) is 27.3. The van der Waals surface area contributed by atoms with Gasteiger partial charge in [0.25, 0.3) is 0 Å². The fourth-order valence-corrected chi connectivity index (χ4v) is 2.92. The fraction of sp³-hybridized carbons (Fsp3) is 0.231. The first kappa shape index (κ1) is 14.6. The van der Waals surface area contributed by atoms with Gasteiger partial charge < -0.3 is 15.5 Å². The van der Waals surface area contributed by atoms with Crippen molar-refractivity contribution in [2.75, 3.05) is 6.54 Å². The maximum absolute atomic E-state index is 9.90. The van der Waals surface area contributed by atoms with E-state index in [1.165, 1.54) is 6.07 Å². The molecular weight excluding hydrogens is 305 g/mol. The summed E-state index contributed by atoms with van der Waals surface area (Å²) < 4.78 is 0. The molecule has 2 rings (SSSR count). The molecule has 0 spiro atoms. The minimum absolute atomic E-state index is 0.0172. The first-order chi connectivity index (χ1) is 9.08. The van der Waals surface area contributed by atoms with E-state index in [-0.39, 0.29) is 10.8 Å². The van der Waals surface area contributed by atoms with Crippen molar-refractivity contribution in [2.45, 2.75) is 12.6 Å². The zero-order valence-electron chi connectivity index (χ0n) is 9.94. The molecule has 0 fully saturated rings. The number of aliphatic hydroxyl groups is 1. The molecule has 3 nitrogen and oxygen atoms in total. The Hall–Kier alpha value is -0.780. The van der Waals surface area contributed by atoms with E-state index >= 15 is 0 Å². The van der Waals surface area contributed by atoms with E-state index in [0.717, 1.165) is 5.56 Å². The Kier molecular flexibility index (Phi) is 5.07. The maximum Gasteiger partial charge on any atom is 0.138 e. The van der Waals surface area contributed by atoms with Crippen molar-refractivity contribution in [2.24, 2.45) is 0 Å². The molecule has 0 aliphatic heterocycles. The third kappa shape index (κ3) is 3.84. The average Bonchev–Trinajstić information content (AvgIpc) is 2.88. The SMILES string of the molecule is Oc1c(Cl)cc(Cl)cc1CNCC(O)c1ccsc1. The zero-order chi connectivity index (χ0) is 13.8. The maximum atomic E-state index is 9.90. The van der Waals surface area contributed by atoms with E-state index in [1.807, 2.05) is 16.8 Å². The third-order valence-corrected chi connectivity index (χ3v) is 3.90. The van der Waals surface area contributed by atoms with Gasteiger partial charge in [0.15, 0.2) is 0 Å². The number of phenolic OH excluding ortho intramolecular Hbond substituents is 1. The standard InChI is InChI=1S/C13H13Cl2NO2S/c14-10-3-9(13(18)11(15)4-10)5-16-6-12(17)8-1-2-19-7-8/h1-4,7,12,16-18H,5-6H2. The van der Waals surface area contributed by atoms with Gasteiger partial charge >= 0.3 is 0 Å². The summed E-state index contributed by atoms with van der Waals surface area (Å²) in [6.45, 7) is 0.771. The summed E-state index contributed by atoms with van der Waals surface area (Å²) in [6.07, 6.45) is -0.567. The highest BCUT2D eigenvalue weighted by Gasteiger charge is 2.10. The molecule has 1 unspecified atom stereocenters. The lowest BCUT2D eigenvalue weighted by molar-refractivity contribution is 0.174. The molecular formula is C13H13Cl2NO2S. The monoisotopic (exact) mass is 317 g/mol. The van der Waals surface area contributed by atoms with E-state index in [1.54, 1.807) is 17.4 Å². The van der Waals surface area contributed by atoms with Crippen LogP contribution in [-0.4, -0.2) is 16.8 Å². The number of hydrogen-bond donors (Lipinski definition) is 3. The summed E-state index contributed by atoms with van der Waals surface area (Å²) in [4.78, 5) is 0. The van der Waals surface area contributed by atoms with E-state index in [4.69, 9.17) is 23.2 Å². The average molecular weight is 318 g/mol. The molecule has 0 aliphatic rings. The highest BCUT2D eigenvalue weighted by atomic mass is 35.5. The van der Waals surface area contributed by atoms with Crippen LogP contribution in [-0.2, 0) is 6.54 Å². The van der Waals surface area contributed by atoms with Crippen LogP contribution in [0.15, 0.2) is 29.0 Å². The number of nitrogens with one attached hydrogen (secondary N) is 1. The van der Waals surface area contributed by atoms with Crippen LogP contribution in [0, 0.1) is 0 Å². The Morgan fingerprint density at radius 1 is 1.32 bits per heavy atom. The van der Waals surface area contributed by atoms with Crippen LogP contribution < -0.4 is 5.32 Å². The molecule has 0 radical (unpaired) electrons. The van der Waals surface area contributed by atoms with Crippen molar-refractivity contribution in [3.63, 3.8) is 0 Å². The number of hydrogen-bond acceptors (Lipinski definition) is 4. The predicted molar refractivity (Wildman–Crippen MR) is 79.1 cm³/mol. The molecule has 0 saturated carbocycles. The largest absolute Gasteiger partial charge is 0.506 e. The quantitative estimate of drug-likeness (QED) is 0.790. The summed E-state index contributed by atoms with van der Waals surface area (Å²) in [5.41, 5.74) is 1.49. The van der Waals surface area contributed by atoms with Crippen LogP contribution in [0.3, 0.4) is 0 Å². The number of phenols is 1. The molecule has 1 heterocycles. The topological polar surface area (TPSA) is 52.5 Å². The predicted octanol–water partition coefficient (Wildman–Crippen LogP) is 3.58. The second-order valence-electron chi connectivity index (χ2n) is 4.10. The van der Waals surface area contributed by atoms with Gasteiger partial charge in [0.05, 0.1) is 11.1 Å². The molecule has 0 amide bonds. The molecule has 0 saturated heterocycles. The van der Waals surface area contributed by atoms with Gasteiger partial charge in [0, 0.05) is 23.7 Å². The van der Waals surface area contributed by atoms with E-state index in [2.05, 4.69) is 5.32 Å². The first-order valence-electron chi connectivity index (χ1n) is 5.65. The summed E-state index contributed by atoms with van der Waals surface area (Å²) in [7, 11) is 0. The van der Waals surface area contributed by atoms with Crippen molar-refractivity contribution in [1.82, 2.24) is 5.32 Å². The van der Waals surface area contributed by atoms with Gasteiger partial charge in [0.2, 0.25) is 0 Å². The fourth-order valence-electron chi connectivity index (χ4n) is 1.68. The van der Waals surface area contributed by atoms with Gasteiger partial charge in [-0.05, 0) is 34.5 Å². The number of aromatic hydroxyl groups is 1. The Morgan fingerprint density at radius 2 is 2.11 bits per heavy atom. The van der Waals surface area contributed by atoms with Gasteiger partial charge in [0.1, 0.15) is 5.75 Å². The van der Waals surface area contributed by atoms with Gasteiger partial charge in [-0.25, -0.2) is 0 Å². The van der Waals surface area contributed by atoms with Crippen LogP contribution in [0.4, 0.5) is 0 Å². The summed E-state index contributed by atoms with van der Waals surface area (Å²) >= 11 is 13.2. The second-order valence-corrected chi connectivity index (χ2v) is 5.72. The van der Waals surface area contributed by atoms with E-state index in [0.29, 0.717) is 23.7 Å². The molecule has 0 aliphatic carbocycles. The Balaban J connectivity index is 1.93. The number of halogens is 2. The van der Waals surface area contributed by atoms with Crippen LogP contribution >= 0.6 is 34.5 Å². The van der Waals surface area contributed by atoms with Crippen molar-refractivity contribution in [1.29, 1.82) is 0 Å². The lowest BCUT2D eigenvalue weighted by Crippen LogP contribution is -2.20. The minimum atomic E-state index is -0.567. The molecule has 3 N–H and O–H groups in total. The second kappa shape index (κ2) is 6.59. The summed E-state index contributed by atoms with van der Waals surface area (Å²) in [5.74, 6) is 0.0172. The molecule has 6 heteroatoms. The van der Waals surface area contributed by atoms with Gasteiger partial charge in [-0.3, -0.25) is 0 Å². The number of benzene rings is 1. The highest BCUT2D eigenvalue weighted by molar-refractivity contribution is 7.07. The van der Waals surface area contributed by atoms with Crippen molar-refractivity contribution in [3.05, 3.63) is 50.1 Å².